The maximum absolute atomic E-state index is 4.29. The highest BCUT2D eigenvalue weighted by Crippen LogP contribution is 2.37. The van der Waals surface area contributed by atoms with Gasteiger partial charge in [0.1, 0.15) is 0 Å². The van der Waals surface area contributed by atoms with Crippen LogP contribution >= 0.6 is 34.9 Å². The van der Waals surface area contributed by atoms with Gasteiger partial charge in [-0.15, -0.1) is 10.2 Å². The largest absolute Gasteiger partial charge is 0.309 e. The number of hydrogen-bond acceptors (Lipinski definition) is 6. The van der Waals surface area contributed by atoms with Crippen molar-refractivity contribution >= 4 is 34.9 Å². The van der Waals surface area contributed by atoms with Gasteiger partial charge in [-0.05, 0) is 24.8 Å². The van der Waals surface area contributed by atoms with Gasteiger partial charge in [0.2, 0.25) is 0 Å². The molecule has 0 fully saturated rings. The van der Waals surface area contributed by atoms with E-state index in [1.54, 1.807) is 23.1 Å². The van der Waals surface area contributed by atoms with Crippen LogP contribution in [-0.2, 0) is 0 Å². The third-order valence-corrected chi connectivity index (χ3v) is 6.60. The van der Waals surface area contributed by atoms with E-state index in [1.165, 1.54) is 5.56 Å². The summed E-state index contributed by atoms with van der Waals surface area (Å²) in [7, 11) is 0. The Kier molecular flexibility index (Phi) is 7.03. The van der Waals surface area contributed by atoms with Crippen LogP contribution in [0.2, 0.25) is 0 Å². The lowest BCUT2D eigenvalue weighted by Crippen LogP contribution is -2.29. The van der Waals surface area contributed by atoms with E-state index >= 15 is 0 Å². The van der Waals surface area contributed by atoms with Gasteiger partial charge in [-0.25, -0.2) is 0 Å². The summed E-state index contributed by atoms with van der Waals surface area (Å²) in [6, 6.07) is 11.0. The second kappa shape index (κ2) is 8.78. The van der Waals surface area contributed by atoms with E-state index in [9.17, 15) is 0 Å². The molecule has 0 aliphatic rings. The zero-order valence-corrected chi connectivity index (χ0v) is 15.0. The number of nitrogens with zero attached hydrogens (tertiary/aromatic N) is 2. The Balaban J connectivity index is 2.15. The van der Waals surface area contributed by atoms with Crippen LogP contribution in [0, 0.1) is 0 Å². The standard InChI is InChI=1S/C15H21N3S3/c1-4-12(20-15-18-17-14(19-3)21-15)13(16-5-2)11-9-7-6-8-10-11/h6-10,12-13,16H,4-5H2,1-3H3. The van der Waals surface area contributed by atoms with Gasteiger partial charge in [-0.1, -0.05) is 79.0 Å². The van der Waals surface area contributed by atoms with Gasteiger partial charge in [-0.2, -0.15) is 0 Å². The Labute approximate surface area is 139 Å². The zero-order valence-electron chi connectivity index (χ0n) is 12.6. The van der Waals surface area contributed by atoms with Crippen LogP contribution in [0.25, 0.3) is 0 Å². The topological polar surface area (TPSA) is 37.8 Å². The molecule has 1 aromatic heterocycles. The molecule has 2 atom stereocenters. The van der Waals surface area contributed by atoms with Crippen molar-refractivity contribution in [1.82, 2.24) is 15.5 Å². The van der Waals surface area contributed by atoms with Gasteiger partial charge in [0.25, 0.3) is 0 Å². The minimum atomic E-state index is 0.341. The fraction of sp³-hybridized carbons (Fsp3) is 0.467. The summed E-state index contributed by atoms with van der Waals surface area (Å²) in [5.74, 6) is 0. The van der Waals surface area contributed by atoms with Gasteiger partial charge < -0.3 is 5.32 Å². The van der Waals surface area contributed by atoms with Crippen molar-refractivity contribution in [2.45, 2.75) is 40.2 Å². The molecule has 0 saturated heterocycles. The van der Waals surface area contributed by atoms with Crippen LogP contribution in [0.3, 0.4) is 0 Å². The molecule has 1 heterocycles. The van der Waals surface area contributed by atoms with Crippen molar-refractivity contribution in [1.29, 1.82) is 0 Å². The Morgan fingerprint density at radius 2 is 1.86 bits per heavy atom. The lowest BCUT2D eigenvalue weighted by Gasteiger charge is -2.26. The maximum Gasteiger partial charge on any atom is 0.175 e. The summed E-state index contributed by atoms with van der Waals surface area (Å²) in [5.41, 5.74) is 1.34. The van der Waals surface area contributed by atoms with E-state index in [4.69, 9.17) is 0 Å². The lowest BCUT2D eigenvalue weighted by molar-refractivity contribution is 0.521. The predicted octanol–water partition coefficient (Wildman–Crippen LogP) is 4.48. The molecule has 114 valence electrons. The Hall–Kier alpha value is -0.560. The summed E-state index contributed by atoms with van der Waals surface area (Å²) in [6.45, 7) is 5.36. The number of benzene rings is 1. The number of hydrogen-bond donors (Lipinski definition) is 1. The number of nitrogens with one attached hydrogen (secondary N) is 1. The fourth-order valence-corrected chi connectivity index (χ4v) is 5.05. The van der Waals surface area contributed by atoms with Gasteiger partial charge >= 0.3 is 0 Å². The lowest BCUT2D eigenvalue weighted by atomic mass is 10.0. The first kappa shape index (κ1) is 16.8. The highest BCUT2D eigenvalue weighted by molar-refractivity contribution is 8.03. The molecular weight excluding hydrogens is 318 g/mol. The fourth-order valence-electron chi connectivity index (χ4n) is 2.19. The molecule has 0 radical (unpaired) electrons. The van der Waals surface area contributed by atoms with Crippen molar-refractivity contribution in [3.05, 3.63) is 35.9 Å². The summed E-state index contributed by atoms with van der Waals surface area (Å²) >= 11 is 5.18. The summed E-state index contributed by atoms with van der Waals surface area (Å²) in [6.07, 6.45) is 3.13. The van der Waals surface area contributed by atoms with Crippen molar-refractivity contribution in [3.63, 3.8) is 0 Å². The number of thioether (sulfide) groups is 2. The molecule has 21 heavy (non-hydrogen) atoms. The summed E-state index contributed by atoms with van der Waals surface area (Å²) in [4.78, 5) is 0. The average molecular weight is 340 g/mol. The molecular formula is C15H21N3S3. The average Bonchev–Trinajstić information content (AvgIpc) is 2.99. The molecule has 1 aromatic carbocycles. The van der Waals surface area contributed by atoms with E-state index in [0.29, 0.717) is 11.3 Å². The van der Waals surface area contributed by atoms with Crippen LogP contribution < -0.4 is 5.32 Å². The van der Waals surface area contributed by atoms with E-state index in [2.05, 4.69) is 59.7 Å². The molecule has 0 saturated carbocycles. The highest BCUT2D eigenvalue weighted by Gasteiger charge is 2.23. The Morgan fingerprint density at radius 3 is 2.43 bits per heavy atom. The monoisotopic (exact) mass is 339 g/mol. The summed E-state index contributed by atoms with van der Waals surface area (Å²) in [5, 5.41) is 12.6. The first-order valence-corrected chi connectivity index (χ1v) is 10.0. The smallest absolute Gasteiger partial charge is 0.175 e. The number of aromatic nitrogens is 2. The second-order valence-corrected chi connectivity index (χ2v) is 8.07. The predicted molar refractivity (Wildman–Crippen MR) is 94.5 cm³/mol. The molecule has 0 spiro atoms. The van der Waals surface area contributed by atoms with Crippen molar-refractivity contribution in [2.75, 3.05) is 12.8 Å². The number of rotatable bonds is 8. The SMILES string of the molecule is CCNC(c1ccccc1)C(CC)Sc1nnc(SC)s1. The van der Waals surface area contributed by atoms with Crippen molar-refractivity contribution < 1.29 is 0 Å². The highest BCUT2D eigenvalue weighted by atomic mass is 32.2. The van der Waals surface area contributed by atoms with E-state index < -0.39 is 0 Å². The van der Waals surface area contributed by atoms with Crippen LogP contribution in [0.15, 0.2) is 39.0 Å². The molecule has 2 rings (SSSR count). The molecule has 2 aromatic rings. The molecule has 0 bridgehead atoms. The minimum absolute atomic E-state index is 0.341. The zero-order chi connectivity index (χ0) is 15.1. The van der Waals surface area contributed by atoms with Crippen LogP contribution in [-0.4, -0.2) is 28.2 Å². The summed E-state index contributed by atoms with van der Waals surface area (Å²) < 4.78 is 2.09. The van der Waals surface area contributed by atoms with Crippen LogP contribution in [0.5, 0.6) is 0 Å². The third kappa shape index (κ3) is 4.71. The van der Waals surface area contributed by atoms with Gasteiger partial charge in [0.15, 0.2) is 8.68 Å². The molecule has 1 N–H and O–H groups in total. The normalized spacial score (nSPS) is 14.0. The Bertz CT molecular complexity index is 530. The molecule has 0 aliphatic carbocycles. The van der Waals surface area contributed by atoms with Gasteiger partial charge in [0, 0.05) is 11.3 Å². The second-order valence-electron chi connectivity index (χ2n) is 4.55. The maximum atomic E-state index is 4.29. The minimum Gasteiger partial charge on any atom is -0.309 e. The van der Waals surface area contributed by atoms with E-state index in [1.807, 2.05) is 18.0 Å². The molecule has 2 unspecified atom stereocenters. The third-order valence-electron chi connectivity index (χ3n) is 3.17. The van der Waals surface area contributed by atoms with E-state index in [0.717, 1.165) is 21.6 Å². The van der Waals surface area contributed by atoms with E-state index in [-0.39, 0.29) is 0 Å². The first-order valence-electron chi connectivity index (χ1n) is 7.11. The molecule has 0 amide bonds. The molecule has 3 nitrogen and oxygen atoms in total. The van der Waals surface area contributed by atoms with Gasteiger partial charge in [-0.3, -0.25) is 0 Å². The molecule has 0 aliphatic heterocycles. The quantitative estimate of drug-likeness (QED) is 0.718. The molecule has 6 heteroatoms. The van der Waals surface area contributed by atoms with Crippen molar-refractivity contribution in [3.8, 4) is 0 Å². The van der Waals surface area contributed by atoms with Gasteiger partial charge in [0.05, 0.1) is 0 Å². The first-order chi connectivity index (χ1) is 10.3. The van der Waals surface area contributed by atoms with Crippen LogP contribution in [0.1, 0.15) is 31.9 Å². The van der Waals surface area contributed by atoms with Crippen LogP contribution in [0.4, 0.5) is 0 Å². The Morgan fingerprint density at radius 1 is 1.14 bits per heavy atom. The van der Waals surface area contributed by atoms with Crippen molar-refractivity contribution in [2.24, 2.45) is 0 Å².